The molecule has 132 valence electrons. The molecule has 0 heterocycles. The van der Waals surface area contributed by atoms with Gasteiger partial charge >= 0.3 is 12.0 Å². The van der Waals surface area contributed by atoms with Crippen molar-refractivity contribution in [3.63, 3.8) is 0 Å². The van der Waals surface area contributed by atoms with Crippen LogP contribution in [0.2, 0.25) is 0 Å². The van der Waals surface area contributed by atoms with Crippen molar-refractivity contribution >= 4 is 23.6 Å². The van der Waals surface area contributed by atoms with Crippen LogP contribution in [-0.4, -0.2) is 47.5 Å². The molecule has 1 aromatic rings. The van der Waals surface area contributed by atoms with Crippen LogP contribution in [0.25, 0.3) is 0 Å². The molecule has 3 amide bonds. The summed E-state index contributed by atoms with van der Waals surface area (Å²) >= 11 is 0. The molecule has 0 atom stereocenters. The van der Waals surface area contributed by atoms with Crippen LogP contribution >= 0.6 is 0 Å². The molecule has 0 aromatic heterocycles. The second kappa shape index (κ2) is 10.3. The maximum Gasteiger partial charge on any atom is 0.319 e. The van der Waals surface area contributed by atoms with Crippen LogP contribution in [0.15, 0.2) is 24.3 Å². The fraction of sp³-hybridized carbons (Fsp3) is 0.471. The molecule has 0 saturated heterocycles. The van der Waals surface area contributed by atoms with Crippen molar-refractivity contribution in [3.05, 3.63) is 29.8 Å². The summed E-state index contributed by atoms with van der Waals surface area (Å²) in [5.41, 5.74) is 1.12. The van der Waals surface area contributed by atoms with E-state index in [9.17, 15) is 14.4 Å². The van der Waals surface area contributed by atoms with E-state index in [-0.39, 0.29) is 18.9 Å². The predicted molar refractivity (Wildman–Crippen MR) is 92.2 cm³/mol. The van der Waals surface area contributed by atoms with E-state index >= 15 is 0 Å². The van der Waals surface area contributed by atoms with E-state index < -0.39 is 12.0 Å². The van der Waals surface area contributed by atoms with Gasteiger partial charge in [0.15, 0.2) is 0 Å². The number of rotatable bonds is 9. The van der Waals surface area contributed by atoms with Crippen LogP contribution in [-0.2, 0) is 4.79 Å². The normalized spacial score (nSPS) is 10.1. The van der Waals surface area contributed by atoms with Gasteiger partial charge in [-0.05, 0) is 37.1 Å². The first-order chi connectivity index (χ1) is 11.5. The molecule has 0 spiro atoms. The summed E-state index contributed by atoms with van der Waals surface area (Å²) in [5, 5.41) is 13.6. The van der Waals surface area contributed by atoms with E-state index in [4.69, 9.17) is 5.11 Å². The minimum Gasteiger partial charge on any atom is -0.481 e. The molecule has 0 aliphatic rings. The van der Waals surface area contributed by atoms with Crippen molar-refractivity contribution < 1.29 is 19.5 Å². The largest absolute Gasteiger partial charge is 0.481 e. The molecule has 7 heteroatoms. The Labute approximate surface area is 142 Å². The molecule has 0 bridgehead atoms. The number of nitrogens with one attached hydrogen (secondary N) is 2. The van der Waals surface area contributed by atoms with E-state index in [0.29, 0.717) is 11.3 Å². The number of hydrogen-bond donors (Lipinski definition) is 3. The lowest BCUT2D eigenvalue weighted by Gasteiger charge is -2.21. The van der Waals surface area contributed by atoms with Gasteiger partial charge in [-0.2, -0.15) is 0 Å². The number of carboxylic acid groups (broad SMARTS) is 1. The SMILES string of the molecule is CCCN(CCC)C(=O)c1ccc(NC(=O)NCCC(=O)O)cc1. The highest BCUT2D eigenvalue weighted by atomic mass is 16.4. The average Bonchev–Trinajstić information content (AvgIpc) is 2.54. The van der Waals surface area contributed by atoms with E-state index in [1.807, 2.05) is 18.7 Å². The minimum absolute atomic E-state index is 0.0174. The molecular weight excluding hydrogens is 310 g/mol. The fourth-order valence-corrected chi connectivity index (χ4v) is 2.19. The summed E-state index contributed by atoms with van der Waals surface area (Å²) in [6.07, 6.45) is 1.68. The lowest BCUT2D eigenvalue weighted by atomic mass is 10.1. The number of benzene rings is 1. The number of hydrogen-bond acceptors (Lipinski definition) is 3. The number of carbonyl (C=O) groups excluding carboxylic acids is 2. The van der Waals surface area contributed by atoms with Gasteiger partial charge in [-0.3, -0.25) is 9.59 Å². The minimum atomic E-state index is -0.970. The molecule has 1 aromatic carbocycles. The summed E-state index contributed by atoms with van der Waals surface area (Å²) < 4.78 is 0. The quantitative estimate of drug-likeness (QED) is 0.646. The number of nitrogens with zero attached hydrogens (tertiary/aromatic N) is 1. The third-order valence-corrected chi connectivity index (χ3v) is 3.29. The Hall–Kier alpha value is -2.57. The second-order valence-corrected chi connectivity index (χ2v) is 5.39. The molecule has 1 rings (SSSR count). The zero-order valence-electron chi connectivity index (χ0n) is 14.2. The third-order valence-electron chi connectivity index (χ3n) is 3.29. The molecular formula is C17H25N3O4. The number of carboxylic acids is 1. The monoisotopic (exact) mass is 335 g/mol. The smallest absolute Gasteiger partial charge is 0.319 e. The topological polar surface area (TPSA) is 98.7 Å². The third kappa shape index (κ3) is 6.68. The maximum absolute atomic E-state index is 12.4. The zero-order chi connectivity index (χ0) is 17.9. The Balaban J connectivity index is 2.59. The van der Waals surface area contributed by atoms with Gasteiger partial charge in [-0.15, -0.1) is 0 Å². The Morgan fingerprint density at radius 1 is 1.04 bits per heavy atom. The van der Waals surface area contributed by atoms with Crippen molar-refractivity contribution in [2.75, 3.05) is 25.0 Å². The lowest BCUT2D eigenvalue weighted by Crippen LogP contribution is -2.32. The Morgan fingerprint density at radius 2 is 1.62 bits per heavy atom. The van der Waals surface area contributed by atoms with Gasteiger partial charge in [-0.25, -0.2) is 4.79 Å². The van der Waals surface area contributed by atoms with Gasteiger partial charge in [0.1, 0.15) is 0 Å². The number of carbonyl (C=O) groups is 3. The van der Waals surface area contributed by atoms with Crippen molar-refractivity contribution in [2.45, 2.75) is 33.1 Å². The van der Waals surface area contributed by atoms with Crippen LogP contribution in [0, 0.1) is 0 Å². The lowest BCUT2D eigenvalue weighted by molar-refractivity contribution is -0.136. The van der Waals surface area contributed by atoms with Crippen LogP contribution < -0.4 is 10.6 Å². The van der Waals surface area contributed by atoms with E-state index in [2.05, 4.69) is 10.6 Å². The van der Waals surface area contributed by atoms with Gasteiger partial charge in [-0.1, -0.05) is 13.8 Å². The van der Waals surface area contributed by atoms with Crippen LogP contribution in [0.4, 0.5) is 10.5 Å². The Morgan fingerprint density at radius 3 is 2.12 bits per heavy atom. The van der Waals surface area contributed by atoms with Gasteiger partial charge in [0.05, 0.1) is 6.42 Å². The van der Waals surface area contributed by atoms with E-state index in [1.54, 1.807) is 24.3 Å². The molecule has 24 heavy (non-hydrogen) atoms. The highest BCUT2D eigenvalue weighted by Crippen LogP contribution is 2.12. The summed E-state index contributed by atoms with van der Waals surface area (Å²) in [4.78, 5) is 36.2. The highest BCUT2D eigenvalue weighted by molar-refractivity contribution is 5.95. The van der Waals surface area contributed by atoms with Crippen molar-refractivity contribution in [3.8, 4) is 0 Å². The molecule has 0 radical (unpaired) electrons. The molecule has 3 N–H and O–H groups in total. The zero-order valence-corrected chi connectivity index (χ0v) is 14.2. The van der Waals surface area contributed by atoms with Crippen molar-refractivity contribution in [2.24, 2.45) is 0 Å². The first-order valence-electron chi connectivity index (χ1n) is 8.13. The number of urea groups is 1. The Bertz CT molecular complexity index is 551. The van der Waals surface area contributed by atoms with Gasteiger partial charge in [0, 0.05) is 30.9 Å². The molecule has 0 saturated carbocycles. The van der Waals surface area contributed by atoms with Gasteiger partial charge in [0.2, 0.25) is 0 Å². The fourth-order valence-electron chi connectivity index (χ4n) is 2.19. The maximum atomic E-state index is 12.4. The number of aliphatic carboxylic acids is 1. The van der Waals surface area contributed by atoms with Crippen molar-refractivity contribution in [1.29, 1.82) is 0 Å². The molecule has 0 aliphatic heterocycles. The Kier molecular flexibility index (Phi) is 8.32. The number of anilines is 1. The molecule has 0 fully saturated rings. The molecule has 0 unspecified atom stereocenters. The van der Waals surface area contributed by atoms with Gasteiger partial charge < -0.3 is 20.6 Å². The van der Waals surface area contributed by atoms with E-state index in [1.165, 1.54) is 0 Å². The van der Waals surface area contributed by atoms with Crippen LogP contribution in [0.1, 0.15) is 43.5 Å². The highest BCUT2D eigenvalue weighted by Gasteiger charge is 2.14. The first kappa shape index (κ1) is 19.5. The predicted octanol–water partition coefficient (Wildman–Crippen LogP) is 2.54. The van der Waals surface area contributed by atoms with Crippen molar-refractivity contribution in [1.82, 2.24) is 10.2 Å². The van der Waals surface area contributed by atoms with Gasteiger partial charge in [0.25, 0.3) is 5.91 Å². The first-order valence-corrected chi connectivity index (χ1v) is 8.13. The molecule has 7 nitrogen and oxygen atoms in total. The summed E-state index contributed by atoms with van der Waals surface area (Å²) in [6, 6.07) is 6.18. The second-order valence-electron chi connectivity index (χ2n) is 5.39. The summed E-state index contributed by atoms with van der Waals surface area (Å²) in [5.74, 6) is -0.988. The van der Waals surface area contributed by atoms with E-state index in [0.717, 1.165) is 25.9 Å². The summed E-state index contributed by atoms with van der Waals surface area (Å²) in [6.45, 7) is 5.57. The van der Waals surface area contributed by atoms with Crippen LogP contribution in [0.5, 0.6) is 0 Å². The average molecular weight is 335 g/mol. The number of amides is 3. The molecule has 0 aliphatic carbocycles. The summed E-state index contributed by atoms with van der Waals surface area (Å²) in [7, 11) is 0. The van der Waals surface area contributed by atoms with Crippen LogP contribution in [0.3, 0.4) is 0 Å². The standard InChI is InChI=1S/C17H25N3O4/c1-3-11-20(12-4-2)16(23)13-5-7-14(8-6-13)19-17(24)18-10-9-15(21)22/h5-8H,3-4,9-12H2,1-2H3,(H,21,22)(H2,18,19,24).